The number of rotatable bonds is 3. The van der Waals surface area contributed by atoms with Gasteiger partial charge in [-0.2, -0.15) is 0 Å². The van der Waals surface area contributed by atoms with Crippen LogP contribution < -0.4 is 5.73 Å². The molecule has 0 aromatic carbocycles. The lowest BCUT2D eigenvalue weighted by Gasteiger charge is -2.01. The van der Waals surface area contributed by atoms with Gasteiger partial charge in [-0.3, -0.25) is 0 Å². The molecule has 0 amide bonds. The molecule has 2 N–H and O–H groups in total. The Kier molecular flexibility index (Phi) is 4.06. The average Bonchev–Trinajstić information content (AvgIpc) is 1.63. The molecule has 9 heavy (non-hydrogen) atoms. The molecule has 0 radical (unpaired) electrons. The molecule has 1 atom stereocenters. The van der Waals surface area contributed by atoms with Gasteiger partial charge in [0, 0.05) is 6.04 Å². The van der Waals surface area contributed by atoms with Crippen molar-refractivity contribution in [2.45, 2.75) is 26.3 Å². The van der Waals surface area contributed by atoms with Gasteiger partial charge in [-0.25, -0.2) is 0 Å². The molecule has 0 bridgehead atoms. The maximum absolute atomic E-state index is 5.64. The van der Waals surface area contributed by atoms with E-state index >= 15 is 0 Å². The van der Waals surface area contributed by atoms with E-state index in [1.54, 1.807) is 0 Å². The van der Waals surface area contributed by atoms with E-state index in [-0.39, 0.29) is 6.04 Å². The second kappa shape index (κ2) is 4.33. The van der Waals surface area contributed by atoms with E-state index in [1.165, 1.54) is 5.57 Å². The molecule has 1 heteroatoms. The van der Waals surface area contributed by atoms with Crippen molar-refractivity contribution in [3.8, 4) is 0 Å². The zero-order valence-corrected chi connectivity index (χ0v) is 6.22. The van der Waals surface area contributed by atoms with Crippen molar-refractivity contribution < 1.29 is 0 Å². The van der Waals surface area contributed by atoms with Crippen molar-refractivity contribution in [2.24, 2.45) is 5.73 Å². The van der Waals surface area contributed by atoms with Crippen LogP contribution in [0.25, 0.3) is 0 Å². The predicted octanol–water partition coefficient (Wildman–Crippen LogP) is 1.86. The smallest absolute Gasteiger partial charge is 0.0261 e. The summed E-state index contributed by atoms with van der Waals surface area (Å²) in [5, 5.41) is 0. The Morgan fingerprint density at radius 1 is 1.67 bits per heavy atom. The minimum Gasteiger partial charge on any atom is -0.324 e. The second-order valence-electron chi connectivity index (χ2n) is 2.43. The lowest BCUT2D eigenvalue weighted by Crippen LogP contribution is -2.15. The van der Waals surface area contributed by atoms with Crippen LogP contribution in [0.15, 0.2) is 24.3 Å². The van der Waals surface area contributed by atoms with Crippen molar-refractivity contribution in [2.75, 3.05) is 0 Å². The van der Waals surface area contributed by atoms with Gasteiger partial charge in [0.25, 0.3) is 0 Å². The zero-order valence-electron chi connectivity index (χ0n) is 6.22. The fourth-order valence-electron chi connectivity index (χ4n) is 0.689. The molecule has 1 nitrogen and oxygen atoms in total. The Morgan fingerprint density at radius 2 is 2.22 bits per heavy atom. The van der Waals surface area contributed by atoms with E-state index in [2.05, 4.69) is 6.58 Å². The first-order valence-electron chi connectivity index (χ1n) is 3.18. The molecule has 0 aliphatic heterocycles. The van der Waals surface area contributed by atoms with Gasteiger partial charge in [-0.1, -0.05) is 17.7 Å². The summed E-state index contributed by atoms with van der Waals surface area (Å²) in [4.78, 5) is 0. The monoisotopic (exact) mass is 125 g/mol. The normalized spacial score (nSPS) is 12.3. The molecule has 0 aromatic rings. The molecule has 0 spiro atoms. The first kappa shape index (κ1) is 8.44. The summed E-state index contributed by atoms with van der Waals surface area (Å²) < 4.78 is 0. The summed E-state index contributed by atoms with van der Waals surface area (Å²) in [5.41, 5.74) is 6.91. The molecule has 52 valence electrons. The molecular formula is C8H15N. The number of allylic oxidation sites excluding steroid dienone is 1. The second-order valence-corrected chi connectivity index (χ2v) is 2.43. The topological polar surface area (TPSA) is 26.0 Å². The number of nitrogens with two attached hydrogens (primary N) is 1. The van der Waals surface area contributed by atoms with Crippen LogP contribution in [0, 0.1) is 0 Å². The highest BCUT2D eigenvalue weighted by atomic mass is 14.6. The van der Waals surface area contributed by atoms with Crippen LogP contribution in [0.3, 0.4) is 0 Å². The summed E-state index contributed by atoms with van der Waals surface area (Å²) in [6.07, 6.45) is 4.75. The van der Waals surface area contributed by atoms with Gasteiger partial charge in [0.1, 0.15) is 0 Å². The van der Waals surface area contributed by atoms with E-state index in [0.717, 1.165) is 6.42 Å². The standard InChI is InChI=1S/C8H15N/c1-4-5-8(9)6-7(2)3/h4,6,8H,1,5,9H2,2-3H3. The third kappa shape index (κ3) is 5.31. The van der Waals surface area contributed by atoms with E-state index in [1.807, 2.05) is 26.0 Å². The van der Waals surface area contributed by atoms with Crippen molar-refractivity contribution >= 4 is 0 Å². The first-order valence-corrected chi connectivity index (χ1v) is 3.18. The van der Waals surface area contributed by atoms with E-state index < -0.39 is 0 Å². The Balaban J connectivity index is 3.61. The van der Waals surface area contributed by atoms with Crippen LogP contribution in [0.1, 0.15) is 20.3 Å². The Hall–Kier alpha value is -0.560. The molecular weight excluding hydrogens is 110 g/mol. The molecule has 0 aliphatic carbocycles. The largest absolute Gasteiger partial charge is 0.324 e. The Bertz CT molecular complexity index is 110. The van der Waals surface area contributed by atoms with E-state index in [9.17, 15) is 0 Å². The number of hydrogen-bond acceptors (Lipinski definition) is 1. The summed E-state index contributed by atoms with van der Waals surface area (Å²) in [6.45, 7) is 7.69. The molecule has 0 heterocycles. The van der Waals surface area contributed by atoms with E-state index in [4.69, 9.17) is 5.73 Å². The quantitative estimate of drug-likeness (QED) is 0.572. The summed E-state index contributed by atoms with van der Waals surface area (Å²) in [5.74, 6) is 0. The zero-order chi connectivity index (χ0) is 7.28. The molecule has 0 fully saturated rings. The highest BCUT2D eigenvalue weighted by Gasteiger charge is 1.91. The van der Waals surface area contributed by atoms with Crippen LogP contribution in [0.2, 0.25) is 0 Å². The highest BCUT2D eigenvalue weighted by molar-refractivity contribution is 5.01. The molecule has 0 saturated heterocycles. The van der Waals surface area contributed by atoms with Crippen molar-refractivity contribution in [3.63, 3.8) is 0 Å². The molecule has 1 unspecified atom stereocenters. The first-order chi connectivity index (χ1) is 4.16. The van der Waals surface area contributed by atoms with Crippen LogP contribution in [0.5, 0.6) is 0 Å². The Labute approximate surface area is 57.3 Å². The maximum Gasteiger partial charge on any atom is 0.0261 e. The fourth-order valence-corrected chi connectivity index (χ4v) is 0.689. The fraction of sp³-hybridized carbons (Fsp3) is 0.500. The lowest BCUT2D eigenvalue weighted by atomic mass is 10.1. The highest BCUT2D eigenvalue weighted by Crippen LogP contribution is 1.95. The van der Waals surface area contributed by atoms with Gasteiger partial charge < -0.3 is 5.73 Å². The van der Waals surface area contributed by atoms with Crippen LogP contribution in [-0.2, 0) is 0 Å². The maximum atomic E-state index is 5.64. The number of hydrogen-bond donors (Lipinski definition) is 1. The van der Waals surface area contributed by atoms with Gasteiger partial charge in [-0.05, 0) is 20.3 Å². The van der Waals surface area contributed by atoms with Gasteiger partial charge in [-0.15, -0.1) is 6.58 Å². The van der Waals surface area contributed by atoms with Crippen LogP contribution in [0.4, 0.5) is 0 Å². The van der Waals surface area contributed by atoms with Gasteiger partial charge in [0.05, 0.1) is 0 Å². The van der Waals surface area contributed by atoms with Gasteiger partial charge >= 0.3 is 0 Å². The summed E-state index contributed by atoms with van der Waals surface area (Å²) >= 11 is 0. The third-order valence-electron chi connectivity index (χ3n) is 0.986. The lowest BCUT2D eigenvalue weighted by molar-refractivity contribution is 0.827. The molecule has 0 saturated carbocycles. The Morgan fingerprint density at radius 3 is 2.56 bits per heavy atom. The van der Waals surface area contributed by atoms with E-state index in [0.29, 0.717) is 0 Å². The third-order valence-corrected chi connectivity index (χ3v) is 0.986. The minimum absolute atomic E-state index is 0.160. The minimum atomic E-state index is 0.160. The van der Waals surface area contributed by atoms with Crippen molar-refractivity contribution in [1.29, 1.82) is 0 Å². The molecule has 0 aromatic heterocycles. The van der Waals surface area contributed by atoms with Crippen LogP contribution in [-0.4, -0.2) is 6.04 Å². The van der Waals surface area contributed by atoms with Gasteiger partial charge in [0.15, 0.2) is 0 Å². The molecule has 0 rings (SSSR count). The summed E-state index contributed by atoms with van der Waals surface area (Å²) in [7, 11) is 0. The van der Waals surface area contributed by atoms with Crippen molar-refractivity contribution in [1.82, 2.24) is 0 Å². The SMILES string of the molecule is C=CCC(N)C=C(C)C. The molecule has 0 aliphatic rings. The predicted molar refractivity (Wildman–Crippen MR) is 42.2 cm³/mol. The van der Waals surface area contributed by atoms with Gasteiger partial charge in [0.2, 0.25) is 0 Å². The summed E-state index contributed by atoms with van der Waals surface area (Å²) in [6, 6.07) is 0.160. The van der Waals surface area contributed by atoms with Crippen LogP contribution >= 0.6 is 0 Å². The average molecular weight is 125 g/mol. The van der Waals surface area contributed by atoms with Crippen molar-refractivity contribution in [3.05, 3.63) is 24.3 Å².